The number of hydrogen-bond acceptors (Lipinski definition) is 4. The maximum Gasteiger partial charge on any atom is 0.223 e. The molecule has 2 aromatic rings. The predicted molar refractivity (Wildman–Crippen MR) is 78.3 cm³/mol. The van der Waals surface area contributed by atoms with Gasteiger partial charge in [0, 0.05) is 18.2 Å². The van der Waals surface area contributed by atoms with E-state index in [1.165, 1.54) is 0 Å². The van der Waals surface area contributed by atoms with Crippen LogP contribution in [-0.4, -0.2) is 29.2 Å². The summed E-state index contributed by atoms with van der Waals surface area (Å²) in [6, 6.07) is 8.21. The summed E-state index contributed by atoms with van der Waals surface area (Å²) in [7, 11) is 0. The van der Waals surface area contributed by atoms with Crippen LogP contribution < -0.4 is 5.32 Å². The van der Waals surface area contributed by atoms with Gasteiger partial charge in [-0.05, 0) is 18.9 Å². The van der Waals surface area contributed by atoms with Gasteiger partial charge < -0.3 is 10.1 Å². The first-order valence-corrected chi connectivity index (χ1v) is 6.76. The van der Waals surface area contributed by atoms with Crippen LogP contribution in [0.1, 0.15) is 20.8 Å². The van der Waals surface area contributed by atoms with Crippen molar-refractivity contribution < 1.29 is 4.74 Å². The van der Waals surface area contributed by atoms with E-state index in [4.69, 9.17) is 4.74 Å². The number of nitrogens with one attached hydrogen (secondary N) is 1. The van der Waals surface area contributed by atoms with Crippen molar-refractivity contribution in [2.75, 3.05) is 18.5 Å². The second-order valence-corrected chi connectivity index (χ2v) is 4.91. The molecule has 1 aromatic carbocycles. The van der Waals surface area contributed by atoms with Gasteiger partial charge in [-0.1, -0.05) is 32.0 Å². The minimum Gasteiger partial charge on any atom is -0.380 e. The zero-order valence-corrected chi connectivity index (χ0v) is 11.8. The fraction of sp³-hybridized carbons (Fsp3) is 0.467. The average Bonchev–Trinajstić information content (AvgIpc) is 2.43. The van der Waals surface area contributed by atoms with E-state index < -0.39 is 0 Å². The number of aromatic nitrogens is 2. The van der Waals surface area contributed by atoms with Gasteiger partial charge in [0.25, 0.3) is 0 Å². The molecule has 0 saturated heterocycles. The van der Waals surface area contributed by atoms with Crippen molar-refractivity contribution in [2.45, 2.75) is 26.8 Å². The first-order chi connectivity index (χ1) is 9.20. The number of nitrogens with zero attached hydrogens (tertiary/aromatic N) is 2. The fourth-order valence-electron chi connectivity index (χ4n) is 1.85. The zero-order valence-electron chi connectivity index (χ0n) is 11.8. The Bertz CT molecular complexity index is 528. The average molecular weight is 259 g/mol. The molecule has 0 aliphatic heterocycles. The Balaban J connectivity index is 2.14. The van der Waals surface area contributed by atoms with Crippen LogP contribution >= 0.6 is 0 Å². The lowest BCUT2D eigenvalue weighted by Gasteiger charge is -2.22. The smallest absolute Gasteiger partial charge is 0.223 e. The SMILES string of the molecule is CCOCC(Nc1ncc2ccccc2n1)C(C)C. The molecule has 0 aliphatic carbocycles. The van der Waals surface area contributed by atoms with Crippen LogP contribution in [0.5, 0.6) is 0 Å². The third kappa shape index (κ3) is 3.64. The Morgan fingerprint density at radius 1 is 1.26 bits per heavy atom. The van der Waals surface area contributed by atoms with Gasteiger partial charge in [0.15, 0.2) is 0 Å². The number of para-hydroxylation sites is 1. The summed E-state index contributed by atoms with van der Waals surface area (Å²) in [6.07, 6.45) is 1.85. The topological polar surface area (TPSA) is 47.0 Å². The van der Waals surface area contributed by atoms with E-state index in [9.17, 15) is 0 Å². The molecule has 0 fully saturated rings. The molecule has 0 saturated carbocycles. The van der Waals surface area contributed by atoms with Gasteiger partial charge in [-0.15, -0.1) is 0 Å². The first-order valence-electron chi connectivity index (χ1n) is 6.76. The minimum atomic E-state index is 0.223. The highest BCUT2D eigenvalue weighted by molar-refractivity contribution is 5.78. The second kappa shape index (κ2) is 6.48. The normalized spacial score (nSPS) is 12.8. The lowest BCUT2D eigenvalue weighted by atomic mass is 10.1. The molecular weight excluding hydrogens is 238 g/mol. The highest BCUT2D eigenvalue weighted by Crippen LogP contribution is 2.14. The summed E-state index contributed by atoms with van der Waals surface area (Å²) in [5, 5.41) is 4.41. The number of rotatable bonds is 6. The predicted octanol–water partition coefficient (Wildman–Crippen LogP) is 3.10. The van der Waals surface area contributed by atoms with Crippen molar-refractivity contribution in [1.82, 2.24) is 9.97 Å². The van der Waals surface area contributed by atoms with Crippen LogP contribution in [0.4, 0.5) is 5.95 Å². The zero-order chi connectivity index (χ0) is 13.7. The molecule has 4 heteroatoms. The molecule has 4 nitrogen and oxygen atoms in total. The van der Waals surface area contributed by atoms with Crippen molar-refractivity contribution in [3.63, 3.8) is 0 Å². The number of ether oxygens (including phenoxy) is 1. The lowest BCUT2D eigenvalue weighted by Crippen LogP contribution is -2.31. The van der Waals surface area contributed by atoms with Crippen LogP contribution in [0.2, 0.25) is 0 Å². The summed E-state index contributed by atoms with van der Waals surface area (Å²) in [5.41, 5.74) is 0.957. The number of fused-ring (bicyclic) bond motifs is 1. The molecule has 1 atom stereocenters. The molecule has 1 aromatic heterocycles. The van der Waals surface area contributed by atoms with E-state index in [2.05, 4.69) is 29.1 Å². The molecule has 0 aliphatic rings. The van der Waals surface area contributed by atoms with Gasteiger partial charge >= 0.3 is 0 Å². The maximum absolute atomic E-state index is 5.50. The molecular formula is C15H21N3O. The minimum absolute atomic E-state index is 0.223. The van der Waals surface area contributed by atoms with Crippen molar-refractivity contribution >= 4 is 16.9 Å². The maximum atomic E-state index is 5.50. The summed E-state index contributed by atoms with van der Waals surface area (Å²) in [6.45, 7) is 7.73. The monoisotopic (exact) mass is 259 g/mol. The van der Waals surface area contributed by atoms with Crippen molar-refractivity contribution in [1.29, 1.82) is 0 Å². The van der Waals surface area contributed by atoms with Gasteiger partial charge in [0.2, 0.25) is 5.95 Å². The molecule has 19 heavy (non-hydrogen) atoms. The van der Waals surface area contributed by atoms with E-state index in [0.717, 1.165) is 17.5 Å². The quantitative estimate of drug-likeness (QED) is 0.866. The van der Waals surface area contributed by atoms with E-state index >= 15 is 0 Å². The Morgan fingerprint density at radius 3 is 2.79 bits per heavy atom. The van der Waals surface area contributed by atoms with Crippen molar-refractivity contribution in [3.8, 4) is 0 Å². The molecule has 2 rings (SSSR count). The van der Waals surface area contributed by atoms with Crippen LogP contribution in [0, 0.1) is 5.92 Å². The first kappa shape index (κ1) is 13.7. The standard InChI is InChI=1S/C15H21N3O/c1-4-19-10-14(11(2)3)18-15-16-9-12-7-5-6-8-13(12)17-15/h5-9,11,14H,4,10H2,1-3H3,(H,16,17,18). The number of anilines is 1. The molecule has 0 bridgehead atoms. The summed E-state index contributed by atoms with van der Waals surface area (Å²) < 4.78 is 5.50. The summed E-state index contributed by atoms with van der Waals surface area (Å²) in [5.74, 6) is 1.12. The van der Waals surface area contributed by atoms with E-state index in [1.807, 2.05) is 37.4 Å². The number of benzene rings is 1. The Labute approximate surface area is 114 Å². The van der Waals surface area contributed by atoms with Crippen LogP contribution in [-0.2, 0) is 4.74 Å². The van der Waals surface area contributed by atoms with Crippen LogP contribution in [0.25, 0.3) is 10.9 Å². The highest BCUT2D eigenvalue weighted by Gasteiger charge is 2.14. The van der Waals surface area contributed by atoms with E-state index in [1.54, 1.807) is 0 Å². The molecule has 0 spiro atoms. The third-order valence-electron chi connectivity index (χ3n) is 3.11. The molecule has 0 amide bonds. The second-order valence-electron chi connectivity index (χ2n) is 4.91. The Hall–Kier alpha value is -1.68. The summed E-state index contributed by atoms with van der Waals surface area (Å²) >= 11 is 0. The third-order valence-corrected chi connectivity index (χ3v) is 3.11. The number of hydrogen-bond donors (Lipinski definition) is 1. The molecule has 1 N–H and O–H groups in total. The van der Waals surface area contributed by atoms with Crippen molar-refractivity contribution in [2.24, 2.45) is 5.92 Å². The molecule has 0 radical (unpaired) electrons. The van der Waals surface area contributed by atoms with Gasteiger partial charge in [-0.25, -0.2) is 9.97 Å². The fourth-order valence-corrected chi connectivity index (χ4v) is 1.85. The van der Waals surface area contributed by atoms with Gasteiger partial charge in [-0.2, -0.15) is 0 Å². The lowest BCUT2D eigenvalue weighted by molar-refractivity contribution is 0.126. The molecule has 102 valence electrons. The van der Waals surface area contributed by atoms with Crippen molar-refractivity contribution in [3.05, 3.63) is 30.5 Å². The van der Waals surface area contributed by atoms with Gasteiger partial charge in [0.1, 0.15) is 0 Å². The molecule has 1 heterocycles. The van der Waals surface area contributed by atoms with E-state index in [0.29, 0.717) is 18.5 Å². The largest absolute Gasteiger partial charge is 0.380 e. The Kier molecular flexibility index (Phi) is 4.68. The molecule has 1 unspecified atom stereocenters. The van der Waals surface area contributed by atoms with Gasteiger partial charge in [0.05, 0.1) is 18.2 Å². The van der Waals surface area contributed by atoms with Gasteiger partial charge in [-0.3, -0.25) is 0 Å². The van der Waals surface area contributed by atoms with E-state index in [-0.39, 0.29) is 6.04 Å². The highest BCUT2D eigenvalue weighted by atomic mass is 16.5. The Morgan fingerprint density at radius 2 is 2.05 bits per heavy atom. The van der Waals surface area contributed by atoms with Crippen LogP contribution in [0.3, 0.4) is 0 Å². The van der Waals surface area contributed by atoms with Crippen LogP contribution in [0.15, 0.2) is 30.5 Å². The summed E-state index contributed by atoms with van der Waals surface area (Å²) in [4.78, 5) is 8.89.